The van der Waals surface area contributed by atoms with Gasteiger partial charge in [0.25, 0.3) is 11.8 Å². The Morgan fingerprint density at radius 1 is 0.458 bits per heavy atom. The summed E-state index contributed by atoms with van der Waals surface area (Å²) in [5.74, 6) is -35.0. The standard InChI is InChI=1S/C61H52F12N4O2S4/c1-28-34(23-38(80-28)32-19-15-13-16-20-32)44-46(58(66,67)60(70,71)56(44,62)63)36-25-40(82-30(36)3)48(78)76-50-54(9,10)52(5,6)42(74-50)27-43-53(7,8)55(11,12)51(75-43)77-49(79)41-26-37(31(4)83-41)47-45(57(64,65)61(72,73)59(47,68)69)35-24-39(81-29(35)2)33-21-17-14-18-22-33/h13-27H,1-12H3,(H,74,76,78)/b42-27-,77-51?. The van der Waals surface area contributed by atoms with Crippen LogP contribution in [0.25, 0.3) is 43.2 Å². The number of allylic oxidation sites excluding steroid dienone is 6. The predicted octanol–water partition coefficient (Wildman–Crippen LogP) is 19.0. The average Bonchev–Trinajstić information content (AvgIpc) is 1.68. The maximum absolute atomic E-state index is 16.1. The molecule has 1 saturated heterocycles. The third kappa shape index (κ3) is 8.54. The lowest BCUT2D eigenvalue weighted by Crippen LogP contribution is -2.48. The van der Waals surface area contributed by atoms with Crippen LogP contribution in [0.3, 0.4) is 0 Å². The molecule has 1 N–H and O–H groups in total. The van der Waals surface area contributed by atoms with E-state index in [2.05, 4.69) is 15.3 Å². The lowest BCUT2D eigenvalue weighted by atomic mass is 9.65. The van der Waals surface area contributed by atoms with Crippen LogP contribution in [0.1, 0.15) is 116 Å². The summed E-state index contributed by atoms with van der Waals surface area (Å²) in [7, 11) is 0. The first-order valence-corrected chi connectivity index (χ1v) is 29.1. The largest absolute Gasteiger partial charge is 0.380 e. The Hall–Kier alpha value is -6.23. The Morgan fingerprint density at radius 2 is 0.807 bits per heavy atom. The lowest BCUT2D eigenvalue weighted by molar-refractivity contribution is -0.254. The van der Waals surface area contributed by atoms with Crippen LogP contribution in [0.5, 0.6) is 0 Å². The van der Waals surface area contributed by atoms with Crippen molar-refractivity contribution in [3.63, 3.8) is 0 Å². The van der Waals surface area contributed by atoms with Gasteiger partial charge in [0.2, 0.25) is 0 Å². The number of thiophene rings is 4. The van der Waals surface area contributed by atoms with E-state index in [4.69, 9.17) is 4.99 Å². The van der Waals surface area contributed by atoms with Crippen LogP contribution in [-0.2, 0) is 0 Å². The molecule has 0 spiro atoms. The summed E-state index contributed by atoms with van der Waals surface area (Å²) in [4.78, 5) is 42.0. The molecule has 6 aromatic rings. The molecule has 6 nitrogen and oxygen atoms in total. The lowest BCUT2D eigenvalue weighted by Gasteiger charge is -2.36. The average molecular weight is 1230 g/mol. The smallest absolute Gasteiger partial charge is 0.346 e. The maximum Gasteiger partial charge on any atom is 0.380 e. The molecular weight excluding hydrogens is 1180 g/mol. The number of amidine groups is 2. The summed E-state index contributed by atoms with van der Waals surface area (Å²) >= 11 is 3.20. The first-order valence-electron chi connectivity index (χ1n) is 25.9. The van der Waals surface area contributed by atoms with Gasteiger partial charge in [-0.1, -0.05) is 116 Å². The van der Waals surface area contributed by atoms with Gasteiger partial charge in [0.05, 0.1) is 15.5 Å². The van der Waals surface area contributed by atoms with Crippen molar-refractivity contribution in [2.24, 2.45) is 36.6 Å². The van der Waals surface area contributed by atoms with Gasteiger partial charge in [-0.3, -0.25) is 9.59 Å². The van der Waals surface area contributed by atoms with Crippen LogP contribution in [0, 0.1) is 49.4 Å². The molecule has 0 atom stereocenters. The zero-order valence-electron chi connectivity index (χ0n) is 46.5. The molecule has 10 rings (SSSR count). The van der Waals surface area contributed by atoms with Crippen molar-refractivity contribution in [3.05, 3.63) is 148 Å². The van der Waals surface area contributed by atoms with Crippen molar-refractivity contribution in [2.45, 2.75) is 119 Å². The minimum Gasteiger partial charge on any atom is -0.346 e. The molecule has 1 fully saturated rings. The molecule has 2 aromatic carbocycles. The molecular formula is C61H52F12N4O2S4. The van der Waals surface area contributed by atoms with Gasteiger partial charge in [-0.05, 0) is 91.4 Å². The summed E-state index contributed by atoms with van der Waals surface area (Å²) in [5.41, 5.74) is -10.5. The van der Waals surface area contributed by atoms with Crippen LogP contribution >= 0.6 is 45.3 Å². The van der Waals surface area contributed by atoms with Gasteiger partial charge in [-0.25, -0.2) is 4.99 Å². The molecule has 2 amide bonds. The number of halogens is 12. The van der Waals surface area contributed by atoms with E-state index in [1.54, 1.807) is 94.4 Å². The Kier molecular flexibility index (Phi) is 13.8. The number of nitrogens with one attached hydrogen (secondary N) is 1. The van der Waals surface area contributed by atoms with Crippen molar-refractivity contribution in [1.82, 2.24) is 5.32 Å². The van der Waals surface area contributed by atoms with Crippen LogP contribution in [0.2, 0.25) is 0 Å². The number of nitrogens with zero attached hydrogens (tertiary/aromatic N) is 3. The van der Waals surface area contributed by atoms with Crippen LogP contribution < -0.4 is 5.32 Å². The fraction of sp³-hybridized carbons (Fsp3) is 0.361. The highest BCUT2D eigenvalue weighted by molar-refractivity contribution is 7.16. The van der Waals surface area contributed by atoms with E-state index >= 15 is 52.7 Å². The quantitative estimate of drug-likeness (QED) is 0.146. The molecule has 0 saturated carbocycles. The van der Waals surface area contributed by atoms with Crippen molar-refractivity contribution in [1.29, 1.82) is 0 Å². The summed E-state index contributed by atoms with van der Waals surface area (Å²) < 4.78 is 190. The molecule has 4 aliphatic rings. The monoisotopic (exact) mass is 1230 g/mol. The van der Waals surface area contributed by atoms with E-state index in [1.165, 1.54) is 39.8 Å². The van der Waals surface area contributed by atoms with Gasteiger partial charge < -0.3 is 5.32 Å². The number of rotatable bonds is 9. The Balaban J connectivity index is 0.979. The second-order valence-electron chi connectivity index (χ2n) is 23.2. The normalized spacial score (nSPS) is 23.4. The van der Waals surface area contributed by atoms with E-state index in [0.717, 1.165) is 34.8 Å². The highest BCUT2D eigenvalue weighted by atomic mass is 32.1. The number of aliphatic imine (C=N–C) groups is 3. The molecule has 0 radical (unpaired) electrons. The molecule has 4 aromatic heterocycles. The van der Waals surface area contributed by atoms with Gasteiger partial charge in [-0.2, -0.15) is 62.7 Å². The number of carbonyl (C=O) groups is 2. The first-order chi connectivity index (χ1) is 38.2. The number of benzene rings is 2. The van der Waals surface area contributed by atoms with E-state index in [1.807, 2.05) is 27.7 Å². The van der Waals surface area contributed by atoms with Crippen LogP contribution in [0.4, 0.5) is 52.7 Å². The molecule has 2 aliphatic heterocycles. The predicted molar refractivity (Wildman–Crippen MR) is 308 cm³/mol. The zero-order valence-corrected chi connectivity index (χ0v) is 49.8. The number of alkyl halides is 12. The van der Waals surface area contributed by atoms with E-state index in [0.29, 0.717) is 55.0 Å². The molecule has 83 heavy (non-hydrogen) atoms. The number of aryl methyl sites for hydroxylation is 4. The topological polar surface area (TPSA) is 83.2 Å². The van der Waals surface area contributed by atoms with E-state index < -0.39 is 114 Å². The second kappa shape index (κ2) is 19.1. The van der Waals surface area contributed by atoms with Crippen LogP contribution in [0.15, 0.2) is 112 Å². The van der Waals surface area contributed by atoms with Crippen molar-refractivity contribution in [2.75, 3.05) is 0 Å². The number of hydrogen-bond acceptors (Lipinski definition) is 6. The third-order valence-corrected chi connectivity index (χ3v) is 21.7. The zero-order chi connectivity index (χ0) is 61.1. The summed E-state index contributed by atoms with van der Waals surface area (Å²) in [5, 5.41) is 3.20. The fourth-order valence-electron chi connectivity index (χ4n) is 10.8. The number of hydrogen-bond donors (Lipinski definition) is 1. The Morgan fingerprint density at radius 3 is 1.19 bits per heavy atom. The Labute approximate surface area is 486 Å². The number of carbonyl (C=O) groups excluding carboxylic acids is 2. The van der Waals surface area contributed by atoms with Gasteiger partial charge in [0.1, 0.15) is 11.7 Å². The molecule has 22 heteroatoms. The highest BCUT2D eigenvalue weighted by Gasteiger charge is 2.82. The van der Waals surface area contributed by atoms with Crippen LogP contribution in [-0.4, -0.2) is 64.7 Å². The molecule has 6 heterocycles. The molecule has 436 valence electrons. The van der Waals surface area contributed by atoms with Gasteiger partial charge in [-0.15, -0.1) is 45.3 Å². The molecule has 0 bridgehead atoms. The van der Waals surface area contributed by atoms with Crippen molar-refractivity contribution < 1.29 is 62.3 Å². The van der Waals surface area contributed by atoms with E-state index in [-0.39, 0.29) is 40.9 Å². The third-order valence-electron chi connectivity index (χ3n) is 17.4. The Bertz CT molecular complexity index is 3940. The maximum atomic E-state index is 16.1. The minimum atomic E-state index is -5.84. The van der Waals surface area contributed by atoms with E-state index in [9.17, 15) is 9.59 Å². The van der Waals surface area contributed by atoms with Gasteiger partial charge >= 0.3 is 35.5 Å². The summed E-state index contributed by atoms with van der Waals surface area (Å²) in [6, 6.07) is 20.9. The van der Waals surface area contributed by atoms with Crippen molar-refractivity contribution >= 4 is 96.8 Å². The fourth-order valence-corrected chi connectivity index (χ4v) is 14.6. The molecule has 2 aliphatic carbocycles. The summed E-state index contributed by atoms with van der Waals surface area (Å²) in [6.07, 6.45) is 1.68. The SMILES string of the molecule is Cc1sc(C(=O)N=C2N=C(/C=C3\NC(=NC(=O)c4cc(C5=C(c6cc(-c7ccccc7)sc6C)C(F)(F)C(F)(F)C5(F)F)c(C)s4)C(C)(C)C3(C)C)C(C)(C)C2(C)C)cc1C1=C(c2cc(-c3ccccc3)sc2C)C(F)(F)C(F)(F)C1(F)F. The second-order valence-corrected chi connectivity index (χ2v) is 28.2. The molecule has 0 unspecified atom stereocenters. The highest BCUT2D eigenvalue weighted by Crippen LogP contribution is 2.68. The van der Waals surface area contributed by atoms with Crippen molar-refractivity contribution in [3.8, 4) is 20.9 Å². The van der Waals surface area contributed by atoms with Gasteiger partial charge in [0, 0.05) is 78.9 Å². The summed E-state index contributed by atoms with van der Waals surface area (Å²) in [6.45, 7) is 19.6. The minimum absolute atomic E-state index is 0.0195. The number of amides is 2. The first kappa shape index (κ1) is 59.9. The van der Waals surface area contributed by atoms with Gasteiger partial charge in [0.15, 0.2) is 0 Å².